The van der Waals surface area contributed by atoms with Crippen LogP contribution in [0.15, 0.2) is 54.7 Å². The van der Waals surface area contributed by atoms with Crippen LogP contribution in [-0.2, 0) is 24.6 Å². The third-order valence-corrected chi connectivity index (χ3v) is 7.04. The molecule has 13 heteroatoms. The summed E-state index contributed by atoms with van der Waals surface area (Å²) in [4.78, 5) is 34.4. The lowest BCUT2D eigenvalue weighted by Crippen LogP contribution is -2.46. The number of benzene rings is 2. The highest BCUT2D eigenvalue weighted by Gasteiger charge is 2.35. The average molecular weight is 570 g/mol. The maximum atomic E-state index is 13.8. The number of nitrogens with zero attached hydrogens (tertiary/aromatic N) is 6. The van der Waals surface area contributed by atoms with Gasteiger partial charge in [-0.2, -0.15) is 18.3 Å². The van der Waals surface area contributed by atoms with Crippen LogP contribution in [0, 0.1) is 12.7 Å². The maximum Gasteiger partial charge on any atom is 0.419 e. The van der Waals surface area contributed by atoms with Crippen LogP contribution in [-0.4, -0.2) is 58.3 Å². The molecule has 3 heterocycles. The summed E-state index contributed by atoms with van der Waals surface area (Å²) in [5.74, 6) is -1.51. The first kappa shape index (κ1) is 28.0. The molecule has 0 aliphatic carbocycles. The summed E-state index contributed by atoms with van der Waals surface area (Å²) < 4.78 is 55.3. The summed E-state index contributed by atoms with van der Waals surface area (Å²) in [6, 6.07) is 11.0. The number of hydrogen-bond acceptors (Lipinski definition) is 6. The number of alkyl halides is 3. The van der Waals surface area contributed by atoms with E-state index in [0.29, 0.717) is 52.5 Å². The number of rotatable bonds is 6. The van der Waals surface area contributed by atoms with Crippen molar-refractivity contribution < 1.29 is 27.2 Å². The summed E-state index contributed by atoms with van der Waals surface area (Å²) in [5.41, 5.74) is 1.35. The molecule has 2 aromatic carbocycles. The Hall–Kier alpha value is -4.52. The van der Waals surface area contributed by atoms with E-state index in [9.17, 15) is 27.2 Å². The fraction of sp³-hybridized carbons (Fsp3) is 0.286. The Bertz CT molecular complexity index is 1580. The Morgan fingerprint density at radius 1 is 1.10 bits per heavy atom. The highest BCUT2D eigenvalue weighted by Crippen LogP contribution is 2.37. The van der Waals surface area contributed by atoms with Gasteiger partial charge in [0.1, 0.15) is 5.82 Å². The second-order valence-electron chi connectivity index (χ2n) is 9.74. The third kappa shape index (κ3) is 5.71. The molecule has 1 fully saturated rings. The molecule has 5 rings (SSSR count). The molecule has 9 nitrogen and oxygen atoms in total. The zero-order chi connectivity index (χ0) is 29.3. The number of aromatic nitrogens is 3. The molecule has 1 aliphatic rings. The van der Waals surface area contributed by atoms with Crippen LogP contribution in [0.25, 0.3) is 11.0 Å². The number of amides is 3. The molecule has 214 valence electrons. The van der Waals surface area contributed by atoms with Crippen molar-refractivity contribution >= 4 is 40.5 Å². The van der Waals surface area contributed by atoms with Crippen LogP contribution in [0.4, 0.5) is 39.4 Å². The van der Waals surface area contributed by atoms with Crippen molar-refractivity contribution in [1.29, 1.82) is 0 Å². The molecule has 1 N–H and O–H groups in total. The zero-order valence-corrected chi connectivity index (χ0v) is 22.3. The average Bonchev–Trinajstić information content (AvgIpc) is 3.23. The summed E-state index contributed by atoms with van der Waals surface area (Å²) in [7, 11) is 1.75. The molecule has 41 heavy (non-hydrogen) atoms. The number of carbonyl (C=O) groups excluding carboxylic acids is 2. The fourth-order valence-corrected chi connectivity index (χ4v) is 5.07. The predicted octanol–water partition coefficient (Wildman–Crippen LogP) is 4.95. The van der Waals surface area contributed by atoms with Crippen molar-refractivity contribution in [3.63, 3.8) is 0 Å². The predicted molar refractivity (Wildman–Crippen MR) is 146 cm³/mol. The van der Waals surface area contributed by atoms with Crippen LogP contribution >= 0.6 is 0 Å². The van der Waals surface area contributed by atoms with Gasteiger partial charge in [-0.25, -0.2) is 19.1 Å². The molecule has 1 aliphatic heterocycles. The molecule has 0 bridgehead atoms. The Morgan fingerprint density at radius 2 is 1.80 bits per heavy atom. The van der Waals surface area contributed by atoms with Crippen LogP contribution in [0.2, 0.25) is 0 Å². The van der Waals surface area contributed by atoms with E-state index >= 15 is 0 Å². The number of carbonyl (C=O) groups is 2. The van der Waals surface area contributed by atoms with E-state index in [1.165, 1.54) is 11.8 Å². The van der Waals surface area contributed by atoms with Gasteiger partial charge < -0.3 is 10.2 Å². The standard InChI is InChI=1S/C28H27F4N7O2/c1-18-24-25(38-12-10-37(11-13-38)16-19-6-4-3-5-7-19)23(15-33-26(24)36(2)35-18)34-27(41)39(17-40)20-8-9-22(29)21(14-20)28(30,31)32/h3-9,14-15,17H,10-13,16H2,1-2H3,(H,34,41). The van der Waals surface area contributed by atoms with Crippen molar-refractivity contribution in [2.45, 2.75) is 19.6 Å². The normalized spacial score (nSPS) is 14.3. The van der Waals surface area contributed by atoms with E-state index in [4.69, 9.17) is 0 Å². The van der Waals surface area contributed by atoms with E-state index in [1.54, 1.807) is 11.7 Å². The molecule has 0 unspecified atom stereocenters. The van der Waals surface area contributed by atoms with E-state index in [0.717, 1.165) is 25.7 Å². The molecule has 3 amide bonds. The van der Waals surface area contributed by atoms with Gasteiger partial charge in [0.15, 0.2) is 5.65 Å². The van der Waals surface area contributed by atoms with Gasteiger partial charge in [0.25, 0.3) is 0 Å². The Balaban J connectivity index is 1.44. The number of imide groups is 1. The van der Waals surface area contributed by atoms with Gasteiger partial charge in [-0.05, 0) is 30.7 Å². The van der Waals surface area contributed by atoms with Crippen molar-refractivity contribution in [1.82, 2.24) is 19.7 Å². The first-order valence-electron chi connectivity index (χ1n) is 12.8. The Kier molecular flexibility index (Phi) is 7.63. The maximum absolute atomic E-state index is 13.8. The first-order valence-corrected chi connectivity index (χ1v) is 12.8. The summed E-state index contributed by atoms with van der Waals surface area (Å²) in [5, 5.41) is 7.82. The molecular weight excluding hydrogens is 542 g/mol. The number of hydrogen-bond donors (Lipinski definition) is 1. The second-order valence-corrected chi connectivity index (χ2v) is 9.74. The molecule has 0 radical (unpaired) electrons. The monoisotopic (exact) mass is 569 g/mol. The smallest absolute Gasteiger partial charge is 0.367 e. The Morgan fingerprint density at radius 3 is 2.46 bits per heavy atom. The molecule has 1 saturated heterocycles. The first-order chi connectivity index (χ1) is 19.6. The summed E-state index contributed by atoms with van der Waals surface area (Å²) >= 11 is 0. The second kappa shape index (κ2) is 11.2. The SMILES string of the molecule is Cc1nn(C)c2ncc(NC(=O)N(C=O)c3ccc(F)c(C(F)(F)F)c3)c(N3CCN(Cc4ccccc4)CC3)c12. The minimum atomic E-state index is -5.01. The summed E-state index contributed by atoms with van der Waals surface area (Å²) in [6.07, 6.45) is -3.50. The number of pyridine rings is 1. The molecular formula is C28H27F4N7O2. The zero-order valence-electron chi connectivity index (χ0n) is 22.3. The van der Waals surface area contributed by atoms with Crippen LogP contribution in [0.3, 0.4) is 0 Å². The molecule has 0 spiro atoms. The number of piperazine rings is 1. The largest absolute Gasteiger partial charge is 0.419 e. The van der Waals surface area contributed by atoms with Gasteiger partial charge in [0.2, 0.25) is 6.41 Å². The topological polar surface area (TPSA) is 86.6 Å². The lowest BCUT2D eigenvalue weighted by atomic mass is 10.1. The third-order valence-electron chi connectivity index (χ3n) is 7.04. The highest BCUT2D eigenvalue weighted by atomic mass is 19.4. The van der Waals surface area contributed by atoms with Gasteiger partial charge in [-0.3, -0.25) is 14.4 Å². The van der Waals surface area contributed by atoms with E-state index in [2.05, 4.69) is 37.3 Å². The van der Waals surface area contributed by atoms with Crippen LogP contribution < -0.4 is 15.1 Å². The van der Waals surface area contributed by atoms with Crippen molar-refractivity contribution in [2.75, 3.05) is 41.3 Å². The van der Waals surface area contributed by atoms with Gasteiger partial charge >= 0.3 is 12.2 Å². The minimum Gasteiger partial charge on any atom is -0.367 e. The minimum absolute atomic E-state index is 0.0754. The van der Waals surface area contributed by atoms with E-state index in [-0.39, 0.29) is 12.1 Å². The summed E-state index contributed by atoms with van der Waals surface area (Å²) in [6.45, 7) is 5.33. The van der Waals surface area contributed by atoms with E-state index in [1.807, 2.05) is 25.1 Å². The quantitative estimate of drug-likeness (QED) is 0.261. The van der Waals surface area contributed by atoms with Crippen LogP contribution in [0.5, 0.6) is 0 Å². The van der Waals surface area contributed by atoms with E-state index < -0.39 is 29.3 Å². The number of urea groups is 1. The highest BCUT2D eigenvalue weighted by molar-refractivity contribution is 6.14. The lowest BCUT2D eigenvalue weighted by Gasteiger charge is -2.37. The number of nitrogens with one attached hydrogen (secondary N) is 1. The lowest BCUT2D eigenvalue weighted by molar-refractivity contribution is -0.140. The number of aryl methyl sites for hydroxylation is 2. The number of halogens is 4. The van der Waals surface area contributed by atoms with Gasteiger partial charge in [-0.1, -0.05) is 30.3 Å². The molecule has 2 aromatic heterocycles. The number of fused-ring (bicyclic) bond motifs is 1. The van der Waals surface area contributed by atoms with Crippen molar-refractivity contribution in [3.8, 4) is 0 Å². The number of anilines is 3. The van der Waals surface area contributed by atoms with Gasteiger partial charge in [-0.15, -0.1) is 0 Å². The molecule has 0 atom stereocenters. The van der Waals surface area contributed by atoms with Crippen LogP contribution in [0.1, 0.15) is 16.8 Å². The molecule has 0 saturated carbocycles. The van der Waals surface area contributed by atoms with Crippen molar-refractivity contribution in [3.05, 3.63) is 77.4 Å². The molecule has 4 aromatic rings. The fourth-order valence-electron chi connectivity index (χ4n) is 5.07. The Labute approximate surface area is 233 Å². The van der Waals surface area contributed by atoms with Gasteiger partial charge in [0.05, 0.1) is 39.9 Å². The van der Waals surface area contributed by atoms with Gasteiger partial charge in [0, 0.05) is 39.8 Å². The van der Waals surface area contributed by atoms with Crippen molar-refractivity contribution in [2.24, 2.45) is 7.05 Å².